The maximum absolute atomic E-state index is 12.0. The van der Waals surface area contributed by atoms with Crippen LogP contribution in [0.4, 0.5) is 5.69 Å². The average molecular weight is 346 g/mol. The normalized spacial score (nSPS) is 11.2. The van der Waals surface area contributed by atoms with Crippen LogP contribution < -0.4 is 11.1 Å². The van der Waals surface area contributed by atoms with Gasteiger partial charge in [0.2, 0.25) is 5.91 Å². The van der Waals surface area contributed by atoms with Crippen LogP contribution in [0.2, 0.25) is 0 Å². The molecular formula is C18H22N2O3S. The number of hydrogen-bond acceptors (Lipinski definition) is 4. The van der Waals surface area contributed by atoms with Crippen LogP contribution in [0.15, 0.2) is 54.6 Å². The minimum atomic E-state index is -3.16. The molecule has 24 heavy (non-hydrogen) atoms. The predicted molar refractivity (Wildman–Crippen MR) is 96.1 cm³/mol. The maximum atomic E-state index is 12.0. The second kappa shape index (κ2) is 8.49. The number of carbonyl (C=O) groups excluding carboxylic acids is 1. The SMILES string of the molecule is Nc1ccc(CC(=O)NCCCS(=O)(=O)Cc2ccccc2)cc1. The second-order valence-electron chi connectivity index (χ2n) is 5.70. The van der Waals surface area contributed by atoms with Gasteiger partial charge in [-0.05, 0) is 29.7 Å². The van der Waals surface area contributed by atoms with Gasteiger partial charge in [-0.2, -0.15) is 0 Å². The Morgan fingerprint density at radius 2 is 1.62 bits per heavy atom. The van der Waals surface area contributed by atoms with E-state index in [1.54, 1.807) is 36.4 Å². The number of nitrogens with one attached hydrogen (secondary N) is 1. The molecule has 0 aliphatic heterocycles. The molecule has 3 N–H and O–H groups in total. The summed E-state index contributed by atoms with van der Waals surface area (Å²) in [5.74, 6) is -0.0303. The third kappa shape index (κ3) is 6.42. The van der Waals surface area contributed by atoms with Gasteiger partial charge >= 0.3 is 0 Å². The Morgan fingerprint density at radius 3 is 2.29 bits per heavy atom. The van der Waals surface area contributed by atoms with E-state index >= 15 is 0 Å². The molecule has 2 aromatic rings. The molecule has 0 spiro atoms. The van der Waals surface area contributed by atoms with Gasteiger partial charge in [0.25, 0.3) is 0 Å². The lowest BCUT2D eigenvalue weighted by molar-refractivity contribution is -0.120. The van der Waals surface area contributed by atoms with E-state index in [0.717, 1.165) is 11.1 Å². The van der Waals surface area contributed by atoms with Crippen LogP contribution in [0.25, 0.3) is 0 Å². The van der Waals surface area contributed by atoms with Gasteiger partial charge in [-0.3, -0.25) is 4.79 Å². The van der Waals surface area contributed by atoms with Crippen LogP contribution in [-0.4, -0.2) is 26.6 Å². The fourth-order valence-corrected chi connectivity index (χ4v) is 3.73. The van der Waals surface area contributed by atoms with Crippen molar-refractivity contribution in [2.24, 2.45) is 0 Å². The molecule has 0 aliphatic rings. The highest BCUT2D eigenvalue weighted by atomic mass is 32.2. The first-order valence-corrected chi connectivity index (χ1v) is 9.62. The standard InChI is InChI=1S/C18H22N2O3S/c19-17-9-7-15(8-10-17)13-18(21)20-11-4-12-24(22,23)14-16-5-2-1-3-6-16/h1-3,5-10H,4,11-14,19H2,(H,20,21). The summed E-state index contributed by atoms with van der Waals surface area (Å²) >= 11 is 0. The number of sulfone groups is 1. The summed E-state index contributed by atoms with van der Waals surface area (Å²) in [6.07, 6.45) is 0.666. The molecule has 0 bridgehead atoms. The largest absolute Gasteiger partial charge is 0.399 e. The maximum Gasteiger partial charge on any atom is 0.224 e. The lowest BCUT2D eigenvalue weighted by atomic mass is 10.1. The molecule has 0 heterocycles. The molecule has 2 aromatic carbocycles. The van der Waals surface area contributed by atoms with Crippen molar-refractivity contribution in [1.82, 2.24) is 5.32 Å². The molecule has 0 unspecified atom stereocenters. The number of benzene rings is 2. The van der Waals surface area contributed by atoms with Gasteiger partial charge in [0.15, 0.2) is 9.84 Å². The van der Waals surface area contributed by atoms with Crippen molar-refractivity contribution in [3.63, 3.8) is 0 Å². The van der Waals surface area contributed by atoms with Gasteiger partial charge in [0.1, 0.15) is 0 Å². The number of amides is 1. The fraction of sp³-hybridized carbons (Fsp3) is 0.278. The van der Waals surface area contributed by atoms with Crippen molar-refractivity contribution in [3.8, 4) is 0 Å². The van der Waals surface area contributed by atoms with Crippen molar-refractivity contribution < 1.29 is 13.2 Å². The van der Waals surface area contributed by atoms with Gasteiger partial charge in [0, 0.05) is 12.2 Å². The Hall–Kier alpha value is -2.34. The van der Waals surface area contributed by atoms with Crippen molar-refractivity contribution in [3.05, 3.63) is 65.7 Å². The molecule has 6 heteroatoms. The number of rotatable bonds is 8. The Balaban J connectivity index is 1.70. The molecule has 0 aliphatic carbocycles. The van der Waals surface area contributed by atoms with Crippen molar-refractivity contribution in [2.75, 3.05) is 18.0 Å². The van der Waals surface area contributed by atoms with Gasteiger partial charge in [-0.15, -0.1) is 0 Å². The topological polar surface area (TPSA) is 89.3 Å². The summed E-state index contributed by atoms with van der Waals surface area (Å²) in [4.78, 5) is 11.8. The second-order valence-corrected chi connectivity index (χ2v) is 7.88. The highest BCUT2D eigenvalue weighted by molar-refractivity contribution is 7.90. The molecule has 0 radical (unpaired) electrons. The van der Waals surface area contributed by atoms with Crippen molar-refractivity contribution in [1.29, 1.82) is 0 Å². The molecule has 1 amide bonds. The molecule has 0 aromatic heterocycles. The summed E-state index contributed by atoms with van der Waals surface area (Å²) in [5, 5.41) is 2.75. The summed E-state index contributed by atoms with van der Waals surface area (Å²) in [6.45, 7) is 0.349. The fourth-order valence-electron chi connectivity index (χ4n) is 2.30. The number of nitrogen functional groups attached to an aromatic ring is 1. The van der Waals surface area contributed by atoms with E-state index in [1.807, 2.05) is 18.2 Å². The van der Waals surface area contributed by atoms with E-state index in [0.29, 0.717) is 18.7 Å². The van der Waals surface area contributed by atoms with E-state index in [9.17, 15) is 13.2 Å². The average Bonchev–Trinajstić information content (AvgIpc) is 2.54. The summed E-state index contributed by atoms with van der Waals surface area (Å²) < 4.78 is 24.1. The van der Waals surface area contributed by atoms with Crippen LogP contribution in [-0.2, 0) is 26.8 Å². The first kappa shape index (κ1) is 18.0. The quantitative estimate of drug-likeness (QED) is 0.565. The molecule has 0 saturated heterocycles. The predicted octanol–water partition coefficient (Wildman–Crippen LogP) is 1.93. The summed E-state index contributed by atoms with van der Waals surface area (Å²) in [6, 6.07) is 16.2. The van der Waals surface area contributed by atoms with E-state index in [-0.39, 0.29) is 23.8 Å². The first-order valence-electron chi connectivity index (χ1n) is 7.80. The van der Waals surface area contributed by atoms with E-state index in [2.05, 4.69) is 5.32 Å². The Bertz CT molecular complexity index is 757. The zero-order valence-electron chi connectivity index (χ0n) is 13.4. The monoisotopic (exact) mass is 346 g/mol. The Kier molecular flexibility index (Phi) is 6.37. The van der Waals surface area contributed by atoms with Crippen LogP contribution >= 0.6 is 0 Å². The minimum Gasteiger partial charge on any atom is -0.399 e. The minimum absolute atomic E-state index is 0.0349. The van der Waals surface area contributed by atoms with Crippen LogP contribution in [0.1, 0.15) is 17.5 Å². The smallest absolute Gasteiger partial charge is 0.224 e. The van der Waals surface area contributed by atoms with Crippen LogP contribution in [0, 0.1) is 0 Å². The Morgan fingerprint density at radius 1 is 0.958 bits per heavy atom. The molecule has 0 atom stereocenters. The van der Waals surface area contributed by atoms with Crippen molar-refractivity contribution in [2.45, 2.75) is 18.6 Å². The van der Waals surface area contributed by atoms with Gasteiger partial charge in [-0.25, -0.2) is 8.42 Å². The summed E-state index contributed by atoms with van der Waals surface area (Å²) in [7, 11) is -3.16. The van der Waals surface area contributed by atoms with Crippen molar-refractivity contribution >= 4 is 21.4 Å². The van der Waals surface area contributed by atoms with E-state index < -0.39 is 9.84 Å². The van der Waals surface area contributed by atoms with E-state index in [1.165, 1.54) is 0 Å². The Labute approximate surface area is 142 Å². The molecule has 2 rings (SSSR count). The highest BCUT2D eigenvalue weighted by Crippen LogP contribution is 2.07. The van der Waals surface area contributed by atoms with Crippen LogP contribution in [0.3, 0.4) is 0 Å². The van der Waals surface area contributed by atoms with Gasteiger partial charge < -0.3 is 11.1 Å². The highest BCUT2D eigenvalue weighted by Gasteiger charge is 2.12. The zero-order chi connectivity index (χ0) is 17.4. The van der Waals surface area contributed by atoms with Gasteiger partial charge in [0.05, 0.1) is 17.9 Å². The lowest BCUT2D eigenvalue weighted by Crippen LogP contribution is -2.27. The molecule has 0 fully saturated rings. The zero-order valence-corrected chi connectivity index (χ0v) is 14.3. The number of nitrogens with two attached hydrogens (primary N) is 1. The molecular weight excluding hydrogens is 324 g/mol. The first-order chi connectivity index (χ1) is 11.4. The van der Waals surface area contributed by atoms with Gasteiger partial charge in [-0.1, -0.05) is 42.5 Å². The number of carbonyl (C=O) groups is 1. The van der Waals surface area contributed by atoms with E-state index in [4.69, 9.17) is 5.73 Å². The van der Waals surface area contributed by atoms with Crippen LogP contribution in [0.5, 0.6) is 0 Å². The third-order valence-corrected chi connectivity index (χ3v) is 5.21. The molecule has 128 valence electrons. The third-order valence-electron chi connectivity index (χ3n) is 3.53. The molecule has 5 nitrogen and oxygen atoms in total. The molecule has 0 saturated carbocycles. The lowest BCUT2D eigenvalue weighted by Gasteiger charge is -2.07. The summed E-state index contributed by atoms with van der Waals surface area (Å²) in [5.41, 5.74) is 7.91. The number of hydrogen-bond donors (Lipinski definition) is 2. The number of anilines is 1.